The lowest BCUT2D eigenvalue weighted by atomic mass is 9.94. The number of hydrogen-bond donors (Lipinski definition) is 1. The van der Waals surface area contributed by atoms with Crippen LogP contribution in [0.3, 0.4) is 0 Å². The first kappa shape index (κ1) is 12.7. The summed E-state index contributed by atoms with van der Waals surface area (Å²) < 4.78 is 0. The van der Waals surface area contributed by atoms with Crippen molar-refractivity contribution in [3.8, 4) is 0 Å². The molecule has 94 valence electrons. The molecule has 2 nitrogen and oxygen atoms in total. The van der Waals surface area contributed by atoms with Crippen molar-refractivity contribution in [2.45, 2.75) is 39.3 Å². The maximum absolute atomic E-state index is 9.44. The Balaban J connectivity index is 2.37. The Morgan fingerprint density at radius 2 is 2.12 bits per heavy atom. The molecule has 0 saturated carbocycles. The second-order valence-electron chi connectivity index (χ2n) is 5.09. The van der Waals surface area contributed by atoms with Gasteiger partial charge in [-0.2, -0.15) is 0 Å². The van der Waals surface area contributed by atoms with Crippen LogP contribution in [0.4, 0.5) is 5.69 Å². The molecular weight excluding hydrogens is 234 g/mol. The van der Waals surface area contributed by atoms with E-state index in [9.17, 15) is 5.11 Å². The van der Waals surface area contributed by atoms with E-state index in [0.29, 0.717) is 12.0 Å². The molecule has 1 aliphatic rings. The van der Waals surface area contributed by atoms with Crippen molar-refractivity contribution in [1.82, 2.24) is 0 Å². The molecule has 3 heteroatoms. The lowest BCUT2D eigenvalue weighted by molar-refractivity contribution is 0.281. The average molecular weight is 254 g/mol. The van der Waals surface area contributed by atoms with E-state index in [2.05, 4.69) is 18.7 Å². The number of rotatable bonds is 2. The predicted molar refractivity (Wildman–Crippen MR) is 72.6 cm³/mol. The summed E-state index contributed by atoms with van der Waals surface area (Å²) in [4.78, 5) is 2.35. The maximum Gasteiger partial charge on any atom is 0.0702 e. The van der Waals surface area contributed by atoms with E-state index in [0.717, 1.165) is 22.8 Å². The van der Waals surface area contributed by atoms with Gasteiger partial charge >= 0.3 is 0 Å². The first-order valence-electron chi connectivity index (χ1n) is 6.28. The van der Waals surface area contributed by atoms with Crippen LogP contribution in [-0.2, 0) is 6.61 Å². The van der Waals surface area contributed by atoms with Gasteiger partial charge in [-0.3, -0.25) is 0 Å². The first-order valence-corrected chi connectivity index (χ1v) is 6.66. The Hall–Kier alpha value is -0.730. The smallest absolute Gasteiger partial charge is 0.0702 e. The molecule has 0 radical (unpaired) electrons. The van der Waals surface area contributed by atoms with Crippen LogP contribution in [0.5, 0.6) is 0 Å². The van der Waals surface area contributed by atoms with Crippen molar-refractivity contribution in [2.75, 3.05) is 11.4 Å². The third-order valence-corrected chi connectivity index (χ3v) is 3.95. The molecule has 1 aromatic rings. The summed E-state index contributed by atoms with van der Waals surface area (Å²) in [5, 5.41) is 10.2. The molecule has 0 aromatic heterocycles. The number of para-hydroxylation sites is 1. The Bertz CT molecular complexity index is 394. The molecule has 0 aliphatic carbocycles. The molecule has 1 aliphatic heterocycles. The Kier molecular flexibility index (Phi) is 3.95. The fourth-order valence-electron chi connectivity index (χ4n) is 2.61. The van der Waals surface area contributed by atoms with E-state index in [1.165, 1.54) is 12.8 Å². The highest BCUT2D eigenvalue weighted by Crippen LogP contribution is 2.35. The van der Waals surface area contributed by atoms with Gasteiger partial charge in [-0.05, 0) is 31.7 Å². The van der Waals surface area contributed by atoms with Gasteiger partial charge in [0.15, 0.2) is 0 Å². The molecule has 2 atom stereocenters. The van der Waals surface area contributed by atoms with Gasteiger partial charge in [0.25, 0.3) is 0 Å². The molecule has 0 spiro atoms. The van der Waals surface area contributed by atoms with Crippen LogP contribution in [-0.4, -0.2) is 17.7 Å². The molecule has 1 aromatic carbocycles. The molecule has 17 heavy (non-hydrogen) atoms. The molecule has 1 N–H and O–H groups in total. The Morgan fingerprint density at radius 1 is 1.35 bits per heavy atom. The maximum atomic E-state index is 9.44. The highest BCUT2D eigenvalue weighted by molar-refractivity contribution is 6.33. The fraction of sp³-hybridized carbons (Fsp3) is 0.571. The topological polar surface area (TPSA) is 23.5 Å². The molecule has 1 saturated heterocycles. The largest absolute Gasteiger partial charge is 0.392 e. The molecule has 1 fully saturated rings. The second-order valence-corrected chi connectivity index (χ2v) is 5.50. The van der Waals surface area contributed by atoms with Gasteiger partial charge in [0, 0.05) is 18.2 Å². The molecule has 2 rings (SSSR count). The van der Waals surface area contributed by atoms with Crippen molar-refractivity contribution in [1.29, 1.82) is 0 Å². The number of piperidine rings is 1. The van der Waals surface area contributed by atoms with Crippen LogP contribution < -0.4 is 4.90 Å². The molecule has 1 heterocycles. The van der Waals surface area contributed by atoms with Gasteiger partial charge in [-0.25, -0.2) is 0 Å². The van der Waals surface area contributed by atoms with Crippen LogP contribution in [0.25, 0.3) is 0 Å². The predicted octanol–water partition coefficient (Wildman–Crippen LogP) is 3.46. The number of aliphatic hydroxyl groups is 1. The van der Waals surface area contributed by atoms with E-state index in [1.807, 2.05) is 18.2 Å². The van der Waals surface area contributed by atoms with Crippen molar-refractivity contribution in [3.05, 3.63) is 28.8 Å². The van der Waals surface area contributed by atoms with Gasteiger partial charge in [-0.1, -0.05) is 30.7 Å². The van der Waals surface area contributed by atoms with Crippen molar-refractivity contribution in [2.24, 2.45) is 5.92 Å². The molecule has 2 unspecified atom stereocenters. The number of hydrogen-bond acceptors (Lipinski definition) is 2. The minimum Gasteiger partial charge on any atom is -0.392 e. The van der Waals surface area contributed by atoms with E-state index in [4.69, 9.17) is 11.6 Å². The summed E-state index contributed by atoms with van der Waals surface area (Å²) >= 11 is 6.30. The lowest BCUT2D eigenvalue weighted by Crippen LogP contribution is -2.41. The monoisotopic (exact) mass is 253 g/mol. The minimum absolute atomic E-state index is 0.0491. The molecule has 0 amide bonds. The zero-order valence-corrected chi connectivity index (χ0v) is 11.2. The van der Waals surface area contributed by atoms with E-state index < -0.39 is 0 Å². The van der Waals surface area contributed by atoms with Crippen LogP contribution in [0.2, 0.25) is 5.02 Å². The van der Waals surface area contributed by atoms with Crippen LogP contribution in [0.1, 0.15) is 32.3 Å². The molecular formula is C14H20ClNO. The SMILES string of the molecule is CC1CCC(C)N(c2c(Cl)cccc2CO)C1. The van der Waals surface area contributed by atoms with Crippen molar-refractivity contribution in [3.63, 3.8) is 0 Å². The summed E-state index contributed by atoms with van der Waals surface area (Å²) in [6, 6.07) is 6.25. The van der Waals surface area contributed by atoms with Gasteiger partial charge < -0.3 is 10.0 Å². The van der Waals surface area contributed by atoms with Gasteiger partial charge in [0.1, 0.15) is 0 Å². The number of aliphatic hydroxyl groups excluding tert-OH is 1. The van der Waals surface area contributed by atoms with E-state index in [-0.39, 0.29) is 6.61 Å². The van der Waals surface area contributed by atoms with Crippen molar-refractivity contribution >= 4 is 17.3 Å². The summed E-state index contributed by atoms with van der Waals surface area (Å²) in [6.45, 7) is 5.58. The van der Waals surface area contributed by atoms with Crippen molar-refractivity contribution < 1.29 is 5.11 Å². The zero-order chi connectivity index (χ0) is 12.4. The standard InChI is InChI=1S/C14H20ClNO/c1-10-6-7-11(2)16(8-10)14-12(9-17)4-3-5-13(14)15/h3-5,10-11,17H,6-9H2,1-2H3. The number of anilines is 1. The summed E-state index contributed by atoms with van der Waals surface area (Å²) in [5.74, 6) is 0.689. The normalized spacial score (nSPS) is 25.1. The van der Waals surface area contributed by atoms with Gasteiger partial charge in [0.05, 0.1) is 17.3 Å². The Morgan fingerprint density at radius 3 is 2.82 bits per heavy atom. The lowest BCUT2D eigenvalue weighted by Gasteiger charge is -2.40. The number of halogens is 1. The van der Waals surface area contributed by atoms with Gasteiger partial charge in [0.2, 0.25) is 0 Å². The number of benzene rings is 1. The highest BCUT2D eigenvalue weighted by Gasteiger charge is 2.26. The number of nitrogens with zero attached hydrogens (tertiary/aromatic N) is 1. The van der Waals surface area contributed by atoms with Gasteiger partial charge in [-0.15, -0.1) is 0 Å². The zero-order valence-electron chi connectivity index (χ0n) is 10.5. The van der Waals surface area contributed by atoms with Crippen LogP contribution in [0.15, 0.2) is 18.2 Å². The van der Waals surface area contributed by atoms with E-state index in [1.54, 1.807) is 0 Å². The molecule has 0 bridgehead atoms. The summed E-state index contributed by atoms with van der Waals surface area (Å²) in [6.07, 6.45) is 2.47. The van der Waals surface area contributed by atoms with Crippen LogP contribution in [0, 0.1) is 5.92 Å². The minimum atomic E-state index is 0.0491. The first-order chi connectivity index (χ1) is 8.13. The summed E-state index contributed by atoms with van der Waals surface area (Å²) in [7, 11) is 0. The quantitative estimate of drug-likeness (QED) is 0.873. The second kappa shape index (κ2) is 5.28. The summed E-state index contributed by atoms with van der Waals surface area (Å²) in [5.41, 5.74) is 1.95. The highest BCUT2D eigenvalue weighted by atomic mass is 35.5. The third-order valence-electron chi connectivity index (χ3n) is 3.65. The van der Waals surface area contributed by atoms with Crippen LogP contribution >= 0.6 is 11.6 Å². The third kappa shape index (κ3) is 2.58. The fourth-order valence-corrected chi connectivity index (χ4v) is 2.91. The Labute approximate surface area is 108 Å². The average Bonchev–Trinajstić information content (AvgIpc) is 2.32. The van der Waals surface area contributed by atoms with E-state index >= 15 is 0 Å².